The van der Waals surface area contributed by atoms with Crippen molar-refractivity contribution in [2.24, 2.45) is 0 Å². The van der Waals surface area contributed by atoms with Gasteiger partial charge in [-0.2, -0.15) is 33.4 Å². The van der Waals surface area contributed by atoms with Crippen LogP contribution >= 0.6 is 0 Å². The average molecular weight is 586 g/mol. The minimum absolute atomic E-state index is 0.0231. The molecule has 43 heavy (non-hydrogen) atoms. The lowest BCUT2D eigenvalue weighted by Crippen LogP contribution is -2.18. The van der Waals surface area contributed by atoms with Crippen molar-refractivity contribution in [3.8, 4) is 12.1 Å². The molecule has 0 fully saturated rings. The van der Waals surface area contributed by atoms with Crippen LogP contribution in [0.5, 0.6) is 0 Å². The number of allylic oxidation sites excluding steroid dienone is 3. The van der Waals surface area contributed by atoms with Gasteiger partial charge in [0.1, 0.15) is 59.7 Å². The summed E-state index contributed by atoms with van der Waals surface area (Å²) in [7, 11) is 0. The van der Waals surface area contributed by atoms with Gasteiger partial charge in [0.2, 0.25) is 0 Å². The quantitative estimate of drug-likeness (QED) is 0.196. The Morgan fingerprint density at radius 1 is 0.721 bits per heavy atom. The van der Waals surface area contributed by atoms with Crippen LogP contribution in [0.15, 0.2) is 58.9 Å². The van der Waals surface area contributed by atoms with Gasteiger partial charge in [-0.25, -0.2) is 17.6 Å². The van der Waals surface area contributed by atoms with Crippen LogP contribution in [-0.4, -0.2) is 0 Å². The molecule has 5 rings (SSSR count). The zero-order chi connectivity index (χ0) is 31.4. The molecule has 2 aliphatic rings. The summed E-state index contributed by atoms with van der Waals surface area (Å²) in [6, 6.07) is 9.60. The van der Waals surface area contributed by atoms with Gasteiger partial charge in [0.05, 0.1) is 5.57 Å². The van der Waals surface area contributed by atoms with Crippen molar-refractivity contribution >= 4 is 11.1 Å². The third-order valence-corrected chi connectivity index (χ3v) is 7.40. The van der Waals surface area contributed by atoms with Gasteiger partial charge in [-0.05, 0) is 99.2 Å². The zero-order valence-corrected chi connectivity index (χ0v) is 21.8. The number of alkyl halides is 3. The number of fused-ring (bicyclic) bond motifs is 2. The number of halogens is 7. The Morgan fingerprint density at radius 2 is 1.14 bits per heavy atom. The third kappa shape index (κ3) is 4.62. The number of nitriles is 2. The van der Waals surface area contributed by atoms with Crippen molar-refractivity contribution in [2.75, 3.05) is 0 Å². The molecule has 0 aromatic heterocycles. The summed E-state index contributed by atoms with van der Waals surface area (Å²) < 4.78 is 98.3. The number of hydrogen-bond acceptors (Lipinski definition) is 2. The Kier molecular flexibility index (Phi) is 6.93. The smallest absolute Gasteiger partial charge is 0.207 e. The monoisotopic (exact) mass is 586 g/mol. The lowest BCUT2D eigenvalue weighted by Gasteiger charge is -2.13. The maximum Gasteiger partial charge on any atom is 0.523 e. The van der Waals surface area contributed by atoms with E-state index in [1.807, 2.05) is 0 Å². The summed E-state index contributed by atoms with van der Waals surface area (Å²) in [5, 5.41) is 19.8. The fourth-order valence-electron chi connectivity index (χ4n) is 5.49. The predicted octanol–water partition coefficient (Wildman–Crippen LogP) is 6.47. The second-order valence-electron chi connectivity index (χ2n) is 9.75. The minimum Gasteiger partial charge on any atom is -0.207 e. The molecule has 4 nitrogen and oxygen atoms in total. The largest absolute Gasteiger partial charge is 0.523 e. The first kappa shape index (κ1) is 28.9. The number of hydrogen-bond donors (Lipinski definition) is 0. The molecule has 0 unspecified atom stereocenters. The summed E-state index contributed by atoms with van der Waals surface area (Å²) in [6.45, 7) is 16.2. The molecule has 0 atom stereocenters. The third-order valence-electron chi connectivity index (χ3n) is 7.40. The highest BCUT2D eigenvalue weighted by Gasteiger charge is 2.39. The SMILES string of the molecule is [C-]#[N+]C([N+]#[C-])=C1Cc2cc3c(cc2=C1c1cc(F)c(C)c(F)c1)CC(=C(C#N)C#N)C=3c1cc(F)c(C(F)(F)F)c(F)c1. The first-order valence-corrected chi connectivity index (χ1v) is 12.3. The van der Waals surface area contributed by atoms with E-state index >= 15 is 0 Å². The summed E-state index contributed by atoms with van der Waals surface area (Å²) in [4.78, 5) is 6.53. The highest BCUT2D eigenvalue weighted by molar-refractivity contribution is 5.88. The topological polar surface area (TPSA) is 56.3 Å². The molecule has 0 saturated heterocycles. The molecule has 0 spiro atoms. The van der Waals surface area contributed by atoms with Gasteiger partial charge in [-0.1, -0.05) is 0 Å². The first-order valence-electron chi connectivity index (χ1n) is 12.3. The Labute approximate surface area is 239 Å². The van der Waals surface area contributed by atoms with Crippen LogP contribution in [0.4, 0.5) is 30.7 Å². The van der Waals surface area contributed by atoms with E-state index in [0.29, 0.717) is 28.5 Å². The highest BCUT2D eigenvalue weighted by Crippen LogP contribution is 2.39. The molecule has 0 aliphatic heterocycles. The molecule has 210 valence electrons. The lowest BCUT2D eigenvalue weighted by molar-refractivity contribution is -0.142. The molecule has 3 aromatic rings. The van der Waals surface area contributed by atoms with Crippen LogP contribution < -0.4 is 10.4 Å². The number of nitrogens with zero attached hydrogens (tertiary/aromatic N) is 4. The van der Waals surface area contributed by atoms with Gasteiger partial charge in [-0.3, -0.25) is 0 Å². The molecular weight excluding hydrogens is 573 g/mol. The molecule has 0 saturated carbocycles. The van der Waals surface area contributed by atoms with Crippen LogP contribution in [0.25, 0.3) is 20.8 Å². The van der Waals surface area contributed by atoms with Crippen molar-refractivity contribution in [1.82, 2.24) is 0 Å². The Balaban J connectivity index is 1.91. The molecule has 0 amide bonds. The number of rotatable bonds is 2. The van der Waals surface area contributed by atoms with Gasteiger partial charge < -0.3 is 0 Å². The van der Waals surface area contributed by atoms with Crippen molar-refractivity contribution in [3.63, 3.8) is 0 Å². The van der Waals surface area contributed by atoms with Crippen LogP contribution in [0.3, 0.4) is 0 Å². The van der Waals surface area contributed by atoms with E-state index in [2.05, 4.69) is 9.69 Å². The molecule has 0 N–H and O–H groups in total. The normalized spacial score (nSPS) is 13.6. The van der Waals surface area contributed by atoms with Crippen molar-refractivity contribution in [3.05, 3.63) is 149 Å². The number of benzene rings is 3. The van der Waals surface area contributed by atoms with E-state index in [9.17, 15) is 41.3 Å². The molecule has 0 radical (unpaired) electrons. The molecule has 11 heteroatoms. The molecule has 3 aromatic carbocycles. The lowest BCUT2D eigenvalue weighted by atomic mass is 9.94. The Hall–Kier alpha value is -5.65. The van der Waals surface area contributed by atoms with Crippen LogP contribution in [0, 0.1) is 66.0 Å². The van der Waals surface area contributed by atoms with E-state index in [1.165, 1.54) is 13.0 Å². The van der Waals surface area contributed by atoms with Crippen LogP contribution in [0.1, 0.15) is 33.4 Å². The summed E-state index contributed by atoms with van der Waals surface area (Å²) in [5.74, 6) is -5.84. The van der Waals surface area contributed by atoms with E-state index in [0.717, 1.165) is 12.1 Å². The Morgan fingerprint density at radius 3 is 1.56 bits per heavy atom. The van der Waals surface area contributed by atoms with Crippen LogP contribution in [0.2, 0.25) is 0 Å². The first-order chi connectivity index (χ1) is 20.3. The van der Waals surface area contributed by atoms with E-state index in [1.54, 1.807) is 18.2 Å². The van der Waals surface area contributed by atoms with Crippen LogP contribution in [-0.2, 0) is 19.0 Å². The van der Waals surface area contributed by atoms with Gasteiger partial charge in [0.15, 0.2) is 0 Å². The Bertz CT molecular complexity index is 2080. The van der Waals surface area contributed by atoms with Gasteiger partial charge in [-0.15, -0.1) is 0 Å². The summed E-state index contributed by atoms with van der Waals surface area (Å²) in [6.07, 6.45) is -5.51. The molecule has 0 bridgehead atoms. The predicted molar refractivity (Wildman–Crippen MR) is 139 cm³/mol. The van der Waals surface area contributed by atoms with Crippen molar-refractivity contribution in [2.45, 2.75) is 25.9 Å². The fourth-order valence-corrected chi connectivity index (χ4v) is 5.49. The van der Waals surface area contributed by atoms with E-state index in [4.69, 9.17) is 13.1 Å². The summed E-state index contributed by atoms with van der Waals surface area (Å²) >= 11 is 0. The molecule has 0 heterocycles. The van der Waals surface area contributed by atoms with E-state index < -0.39 is 40.6 Å². The summed E-state index contributed by atoms with van der Waals surface area (Å²) in [5.41, 5.74) is -1.82. The second-order valence-corrected chi connectivity index (χ2v) is 9.75. The maximum absolute atomic E-state index is 14.7. The zero-order valence-electron chi connectivity index (χ0n) is 21.8. The second kappa shape index (κ2) is 10.3. The van der Waals surface area contributed by atoms with Gasteiger partial charge in [0.25, 0.3) is 0 Å². The fraction of sp³-hybridized carbons (Fsp3) is 0.125. The van der Waals surface area contributed by atoms with E-state index in [-0.39, 0.29) is 62.9 Å². The minimum atomic E-state index is -5.32. The standard InChI is InChI=1S/C32H13F7N4/c1-14-24(33)8-17(9-25(14)34)29-21-4-15-6-22(19(12-40)13-41)28(18-10-26(35)30(27(36)11-18)32(37,38)39)20(15)5-16(21)7-23(29)31(42-2)43-3/h4-5,8-11H,6-7H2,1H3. The van der Waals surface area contributed by atoms with Gasteiger partial charge >= 0.3 is 12.0 Å². The average Bonchev–Trinajstić information content (AvgIpc) is 3.48. The van der Waals surface area contributed by atoms with Gasteiger partial charge in [0, 0.05) is 12.0 Å². The maximum atomic E-state index is 14.7. The molecular formula is C32H13F7N4. The van der Waals surface area contributed by atoms with Crippen molar-refractivity contribution in [1.29, 1.82) is 10.5 Å². The highest BCUT2D eigenvalue weighted by atomic mass is 19.4. The van der Waals surface area contributed by atoms with Crippen molar-refractivity contribution < 1.29 is 30.7 Å². The molecule has 2 aliphatic carbocycles.